The number of halogens is 1. The minimum Gasteiger partial charge on any atom is -0.309 e. The van der Waals surface area contributed by atoms with Crippen LogP contribution in [0.2, 0.25) is 0 Å². The van der Waals surface area contributed by atoms with Crippen molar-refractivity contribution in [3.8, 4) is 6.07 Å². The topological polar surface area (TPSA) is 65.8 Å². The number of hydrogen-bond acceptors (Lipinski definition) is 3. The Morgan fingerprint density at radius 3 is 3.15 bits per heavy atom. The lowest BCUT2D eigenvalue weighted by Gasteiger charge is -2.02. The molecule has 1 heterocycles. The predicted octanol–water partition coefficient (Wildman–Crippen LogP) is 1.13. The zero-order valence-corrected chi connectivity index (χ0v) is 7.38. The fourth-order valence-corrected chi connectivity index (χ4v) is 0.827. The molecule has 0 bridgehead atoms. The molecule has 0 saturated carbocycles. The van der Waals surface area contributed by atoms with Crippen LogP contribution in [0.4, 0.5) is 5.82 Å². The van der Waals surface area contributed by atoms with Crippen molar-refractivity contribution in [1.82, 2.24) is 4.98 Å². The smallest absolute Gasteiger partial charge is 0.240 e. The number of nitrogens with zero attached hydrogens (tertiary/aromatic N) is 2. The van der Waals surface area contributed by atoms with Gasteiger partial charge in [-0.25, -0.2) is 4.98 Å². The van der Waals surface area contributed by atoms with Crippen molar-refractivity contribution >= 4 is 23.3 Å². The van der Waals surface area contributed by atoms with Gasteiger partial charge in [-0.2, -0.15) is 5.26 Å². The Hall–Kier alpha value is -1.60. The zero-order valence-electron chi connectivity index (χ0n) is 6.62. The second-order valence-electron chi connectivity index (χ2n) is 2.19. The van der Waals surface area contributed by atoms with E-state index in [9.17, 15) is 4.79 Å². The number of anilines is 1. The summed E-state index contributed by atoms with van der Waals surface area (Å²) in [5.41, 5.74) is 0.320. The first kappa shape index (κ1) is 9.49. The predicted molar refractivity (Wildman–Crippen MR) is 48.3 cm³/mol. The third kappa shape index (κ3) is 2.42. The highest BCUT2D eigenvalue weighted by molar-refractivity contribution is 6.29. The first-order valence-electron chi connectivity index (χ1n) is 3.49. The fraction of sp³-hybridized carbons (Fsp3) is 0.125. The molecule has 0 radical (unpaired) electrons. The molecule has 66 valence electrons. The fourth-order valence-electron chi connectivity index (χ4n) is 0.761. The minimum atomic E-state index is -0.378. The highest BCUT2D eigenvalue weighted by Crippen LogP contribution is 2.09. The number of pyridine rings is 1. The molecule has 1 N–H and O–H groups in total. The van der Waals surface area contributed by atoms with E-state index in [0.717, 1.165) is 0 Å². The van der Waals surface area contributed by atoms with Gasteiger partial charge in [0.05, 0.1) is 5.56 Å². The lowest BCUT2D eigenvalue weighted by atomic mass is 10.3. The summed E-state index contributed by atoms with van der Waals surface area (Å²) in [5, 5.41) is 11.0. The summed E-state index contributed by atoms with van der Waals surface area (Å²) in [5.74, 6) is -0.283. The second kappa shape index (κ2) is 4.43. The van der Waals surface area contributed by atoms with E-state index in [-0.39, 0.29) is 17.6 Å². The van der Waals surface area contributed by atoms with Crippen molar-refractivity contribution in [2.45, 2.75) is 0 Å². The van der Waals surface area contributed by atoms with Crippen LogP contribution in [0.15, 0.2) is 18.3 Å². The third-order valence-corrected chi connectivity index (χ3v) is 1.55. The summed E-state index contributed by atoms with van der Waals surface area (Å²) in [6.07, 6.45) is 1.49. The summed E-state index contributed by atoms with van der Waals surface area (Å²) < 4.78 is 0. The van der Waals surface area contributed by atoms with Crippen LogP contribution >= 0.6 is 11.6 Å². The van der Waals surface area contributed by atoms with Crippen molar-refractivity contribution in [1.29, 1.82) is 5.26 Å². The molecule has 0 aliphatic rings. The zero-order chi connectivity index (χ0) is 9.68. The van der Waals surface area contributed by atoms with Gasteiger partial charge < -0.3 is 5.32 Å². The molecule has 0 atom stereocenters. The molecule has 0 unspecified atom stereocenters. The molecule has 4 nitrogen and oxygen atoms in total. The van der Waals surface area contributed by atoms with Crippen molar-refractivity contribution in [2.24, 2.45) is 0 Å². The van der Waals surface area contributed by atoms with Crippen molar-refractivity contribution in [3.63, 3.8) is 0 Å². The molecule has 1 amide bonds. The van der Waals surface area contributed by atoms with Gasteiger partial charge >= 0.3 is 0 Å². The molecular formula is C8H6ClN3O. The number of carbonyl (C=O) groups is 1. The molecule has 0 aliphatic carbocycles. The molecule has 5 heteroatoms. The number of nitrogens with one attached hydrogen (secondary N) is 1. The Labute approximate surface area is 80.2 Å². The van der Waals surface area contributed by atoms with Gasteiger partial charge in [0.2, 0.25) is 5.91 Å². The second-order valence-corrected chi connectivity index (χ2v) is 2.46. The lowest BCUT2D eigenvalue weighted by Crippen LogP contribution is -2.14. The van der Waals surface area contributed by atoms with E-state index in [1.807, 2.05) is 6.07 Å². The van der Waals surface area contributed by atoms with Gasteiger partial charge in [-0.15, -0.1) is 11.6 Å². The van der Waals surface area contributed by atoms with Crippen LogP contribution in [-0.4, -0.2) is 16.8 Å². The van der Waals surface area contributed by atoms with Crippen molar-refractivity contribution < 1.29 is 4.79 Å². The van der Waals surface area contributed by atoms with Gasteiger partial charge in [0.1, 0.15) is 17.8 Å². The standard InChI is InChI=1S/C8H6ClN3O/c9-4-7(13)12-8-6(5-10)2-1-3-11-8/h1-3H,4H2,(H,11,12,13). The van der Waals surface area contributed by atoms with Gasteiger partial charge in [0.15, 0.2) is 0 Å². The van der Waals surface area contributed by atoms with E-state index in [4.69, 9.17) is 16.9 Å². The molecule has 1 aromatic rings. The molecule has 0 saturated heterocycles. The lowest BCUT2D eigenvalue weighted by molar-refractivity contribution is -0.113. The highest BCUT2D eigenvalue weighted by atomic mass is 35.5. The Kier molecular flexibility index (Phi) is 3.23. The molecule has 1 rings (SSSR count). The molecular weight excluding hydrogens is 190 g/mol. The number of alkyl halides is 1. The van der Waals surface area contributed by atoms with Crippen LogP contribution in [0.3, 0.4) is 0 Å². The van der Waals surface area contributed by atoms with Gasteiger partial charge in [-0.3, -0.25) is 4.79 Å². The number of rotatable bonds is 2. The Balaban J connectivity index is 2.89. The summed E-state index contributed by atoms with van der Waals surface area (Å²) in [6.45, 7) is 0. The van der Waals surface area contributed by atoms with Crippen LogP contribution in [0.25, 0.3) is 0 Å². The molecule has 13 heavy (non-hydrogen) atoms. The first-order valence-corrected chi connectivity index (χ1v) is 4.02. The summed E-state index contributed by atoms with van der Waals surface area (Å²) in [7, 11) is 0. The highest BCUT2D eigenvalue weighted by Gasteiger charge is 2.05. The third-order valence-electron chi connectivity index (χ3n) is 1.31. The van der Waals surface area contributed by atoms with E-state index in [1.165, 1.54) is 6.20 Å². The summed E-state index contributed by atoms with van der Waals surface area (Å²) in [4.78, 5) is 14.7. The Morgan fingerprint density at radius 2 is 2.54 bits per heavy atom. The maximum Gasteiger partial charge on any atom is 0.240 e. The van der Waals surface area contributed by atoms with Crippen LogP contribution in [0.5, 0.6) is 0 Å². The molecule has 1 aromatic heterocycles. The van der Waals surface area contributed by atoms with Gasteiger partial charge in [0.25, 0.3) is 0 Å². The molecule has 0 fully saturated rings. The Bertz CT molecular complexity index is 359. The molecule has 0 aromatic carbocycles. The van der Waals surface area contributed by atoms with E-state index < -0.39 is 0 Å². The maximum absolute atomic E-state index is 10.9. The van der Waals surface area contributed by atoms with Gasteiger partial charge in [0, 0.05) is 6.20 Å². The normalized spacial score (nSPS) is 8.92. The monoisotopic (exact) mass is 195 g/mol. The average molecular weight is 196 g/mol. The quantitative estimate of drug-likeness (QED) is 0.720. The average Bonchev–Trinajstić information content (AvgIpc) is 2.18. The van der Waals surface area contributed by atoms with Crippen molar-refractivity contribution in [3.05, 3.63) is 23.9 Å². The number of nitriles is 1. The minimum absolute atomic E-state index is 0.151. The van der Waals surface area contributed by atoms with E-state index in [1.54, 1.807) is 12.1 Å². The van der Waals surface area contributed by atoms with Gasteiger partial charge in [-0.1, -0.05) is 0 Å². The van der Waals surface area contributed by atoms with E-state index in [0.29, 0.717) is 5.56 Å². The number of aromatic nitrogens is 1. The number of amides is 1. The van der Waals surface area contributed by atoms with Crippen LogP contribution < -0.4 is 5.32 Å². The number of carbonyl (C=O) groups excluding carboxylic acids is 1. The largest absolute Gasteiger partial charge is 0.309 e. The number of hydrogen-bond donors (Lipinski definition) is 1. The van der Waals surface area contributed by atoms with Crippen molar-refractivity contribution in [2.75, 3.05) is 11.2 Å². The van der Waals surface area contributed by atoms with E-state index >= 15 is 0 Å². The van der Waals surface area contributed by atoms with Crippen LogP contribution in [-0.2, 0) is 4.79 Å². The summed E-state index contributed by atoms with van der Waals surface area (Å²) >= 11 is 5.27. The SMILES string of the molecule is N#Cc1cccnc1NC(=O)CCl. The maximum atomic E-state index is 10.9. The van der Waals surface area contributed by atoms with Crippen LogP contribution in [0.1, 0.15) is 5.56 Å². The van der Waals surface area contributed by atoms with Crippen LogP contribution in [0, 0.1) is 11.3 Å². The van der Waals surface area contributed by atoms with Gasteiger partial charge in [-0.05, 0) is 12.1 Å². The summed E-state index contributed by atoms with van der Waals surface area (Å²) in [6, 6.07) is 5.09. The first-order chi connectivity index (χ1) is 6.27. The molecule has 0 aliphatic heterocycles. The van der Waals surface area contributed by atoms with E-state index in [2.05, 4.69) is 10.3 Å². The Morgan fingerprint density at radius 1 is 1.77 bits per heavy atom. The molecule has 0 spiro atoms.